The molecule has 0 fully saturated rings. The van der Waals surface area contributed by atoms with Gasteiger partial charge < -0.3 is 0 Å². The van der Waals surface area contributed by atoms with E-state index in [0.717, 1.165) is 50.0 Å². The highest BCUT2D eigenvalue weighted by Gasteiger charge is 2.37. The van der Waals surface area contributed by atoms with E-state index in [9.17, 15) is 0 Å². The number of nitrogens with zero attached hydrogens (tertiary/aromatic N) is 5. The summed E-state index contributed by atoms with van der Waals surface area (Å²) in [5.74, 6) is 2.67. The zero-order valence-corrected chi connectivity index (χ0v) is 30.5. The molecule has 2 heterocycles. The van der Waals surface area contributed by atoms with E-state index >= 15 is 0 Å². The van der Waals surface area contributed by atoms with Crippen LogP contribution in [0.4, 0.5) is 0 Å². The fourth-order valence-corrected chi connectivity index (χ4v) is 7.93. The summed E-state index contributed by atoms with van der Waals surface area (Å²) in [5.41, 5.74) is 13.8. The van der Waals surface area contributed by atoms with Crippen LogP contribution in [0.3, 0.4) is 0 Å². The molecule has 0 atom stereocenters. The maximum atomic E-state index is 5.16. The summed E-state index contributed by atoms with van der Waals surface area (Å²) in [6.45, 7) is 4.63. The highest BCUT2D eigenvalue weighted by atomic mass is 15.0. The van der Waals surface area contributed by atoms with Gasteiger partial charge in [-0.1, -0.05) is 172 Å². The average Bonchev–Trinajstić information content (AvgIpc) is 3.49. The first-order valence-electron chi connectivity index (χ1n) is 18.6. The Balaban J connectivity index is 1.11. The van der Waals surface area contributed by atoms with E-state index in [1.165, 1.54) is 27.8 Å². The van der Waals surface area contributed by atoms with Crippen molar-refractivity contribution >= 4 is 10.9 Å². The Kier molecular flexibility index (Phi) is 7.74. The van der Waals surface area contributed by atoms with Crippen LogP contribution in [-0.4, -0.2) is 24.9 Å². The second-order valence-corrected chi connectivity index (χ2v) is 14.5. The second kappa shape index (κ2) is 13.1. The third kappa shape index (κ3) is 5.69. The van der Waals surface area contributed by atoms with E-state index < -0.39 is 0 Å². The first-order valence-corrected chi connectivity index (χ1v) is 18.6. The molecule has 0 saturated heterocycles. The van der Waals surface area contributed by atoms with E-state index in [2.05, 4.69) is 105 Å². The Labute approximate surface area is 320 Å². The normalized spacial score (nSPS) is 12.7. The maximum absolute atomic E-state index is 5.16. The number of benzene rings is 7. The summed E-state index contributed by atoms with van der Waals surface area (Å²) in [6.07, 6.45) is 0. The summed E-state index contributed by atoms with van der Waals surface area (Å²) < 4.78 is 0. The Morgan fingerprint density at radius 2 is 0.855 bits per heavy atom. The van der Waals surface area contributed by atoms with Crippen molar-refractivity contribution in [2.45, 2.75) is 19.3 Å². The maximum Gasteiger partial charge on any atom is 0.164 e. The fraction of sp³-hybridized carbons (Fsp3) is 0.0600. The summed E-state index contributed by atoms with van der Waals surface area (Å²) in [6, 6.07) is 60.9. The van der Waals surface area contributed by atoms with Gasteiger partial charge in [0.05, 0.1) is 11.2 Å². The molecule has 7 aromatic carbocycles. The van der Waals surface area contributed by atoms with E-state index in [-0.39, 0.29) is 5.41 Å². The van der Waals surface area contributed by atoms with Crippen LogP contribution >= 0.6 is 0 Å². The number of hydrogen-bond acceptors (Lipinski definition) is 5. The van der Waals surface area contributed by atoms with Gasteiger partial charge in [-0.05, 0) is 51.6 Å². The van der Waals surface area contributed by atoms with Crippen LogP contribution in [0.15, 0.2) is 176 Å². The molecule has 0 radical (unpaired) electrons. The van der Waals surface area contributed by atoms with Gasteiger partial charge in [-0.3, -0.25) is 0 Å². The van der Waals surface area contributed by atoms with Crippen molar-refractivity contribution in [1.29, 1.82) is 0 Å². The van der Waals surface area contributed by atoms with Crippen molar-refractivity contribution in [2.75, 3.05) is 0 Å². The van der Waals surface area contributed by atoms with Crippen LogP contribution < -0.4 is 0 Å². The molecule has 2 aromatic heterocycles. The highest BCUT2D eigenvalue weighted by molar-refractivity contribution is 5.99. The van der Waals surface area contributed by atoms with Crippen LogP contribution in [0.25, 0.3) is 90.0 Å². The second-order valence-electron chi connectivity index (χ2n) is 14.5. The van der Waals surface area contributed by atoms with Crippen LogP contribution in [0.1, 0.15) is 25.0 Å². The topological polar surface area (TPSA) is 64.5 Å². The van der Waals surface area contributed by atoms with Crippen LogP contribution in [-0.2, 0) is 5.41 Å². The molecule has 0 unspecified atom stereocenters. The monoisotopic (exact) mass is 705 g/mol. The average molecular weight is 706 g/mol. The van der Waals surface area contributed by atoms with Gasteiger partial charge in [0.15, 0.2) is 23.3 Å². The Hall–Kier alpha value is -7.11. The van der Waals surface area contributed by atoms with Crippen molar-refractivity contribution in [3.63, 3.8) is 0 Å². The molecule has 10 rings (SSSR count). The van der Waals surface area contributed by atoms with Crippen molar-refractivity contribution in [1.82, 2.24) is 24.9 Å². The lowest BCUT2D eigenvalue weighted by molar-refractivity contribution is 0.660. The number of hydrogen-bond donors (Lipinski definition) is 0. The van der Waals surface area contributed by atoms with Gasteiger partial charge in [-0.15, -0.1) is 0 Å². The van der Waals surface area contributed by atoms with E-state index in [0.29, 0.717) is 23.3 Å². The first-order chi connectivity index (χ1) is 27.0. The van der Waals surface area contributed by atoms with Gasteiger partial charge in [0.25, 0.3) is 0 Å². The number of aromatic nitrogens is 5. The molecule has 55 heavy (non-hydrogen) atoms. The standard InChI is InChI=1S/C50H35N5/c1-50(2)41-25-15-24-38(36-26-29-40-43(31-36)51-46(33-18-9-4-10-19-33)52-45(40)32-16-7-3-8-17-32)44(41)39-28-27-37(30-42(39)50)49-54-47(34-20-11-5-12-21-34)53-48(55-49)35-22-13-6-14-23-35/h3-31H,1-2H3. The minimum Gasteiger partial charge on any atom is -0.228 e. The van der Waals surface area contributed by atoms with Gasteiger partial charge in [0.2, 0.25) is 0 Å². The summed E-state index contributed by atoms with van der Waals surface area (Å²) in [5, 5.41) is 1.02. The molecule has 0 saturated carbocycles. The Morgan fingerprint density at radius 1 is 0.345 bits per heavy atom. The predicted octanol–water partition coefficient (Wildman–Crippen LogP) is 12.1. The molecule has 1 aliphatic carbocycles. The van der Waals surface area contributed by atoms with Crippen molar-refractivity contribution < 1.29 is 0 Å². The molecule has 0 aliphatic heterocycles. The molecule has 5 nitrogen and oxygen atoms in total. The van der Waals surface area contributed by atoms with Gasteiger partial charge in [-0.25, -0.2) is 24.9 Å². The molecule has 9 aromatic rings. The van der Waals surface area contributed by atoms with Crippen LogP contribution in [0.5, 0.6) is 0 Å². The largest absolute Gasteiger partial charge is 0.228 e. The Morgan fingerprint density at radius 3 is 1.44 bits per heavy atom. The van der Waals surface area contributed by atoms with Gasteiger partial charge in [0, 0.05) is 38.6 Å². The third-order valence-electron chi connectivity index (χ3n) is 10.7. The smallest absolute Gasteiger partial charge is 0.164 e. The zero-order valence-electron chi connectivity index (χ0n) is 30.5. The molecule has 260 valence electrons. The first kappa shape index (κ1) is 32.5. The van der Waals surface area contributed by atoms with E-state index in [1.807, 2.05) is 84.9 Å². The van der Waals surface area contributed by atoms with Crippen molar-refractivity contribution in [3.8, 4) is 79.1 Å². The summed E-state index contributed by atoms with van der Waals surface area (Å²) in [4.78, 5) is 25.3. The molecular formula is C50H35N5. The molecule has 0 amide bonds. The summed E-state index contributed by atoms with van der Waals surface area (Å²) >= 11 is 0. The van der Waals surface area contributed by atoms with Gasteiger partial charge in [-0.2, -0.15) is 0 Å². The molecular weight excluding hydrogens is 671 g/mol. The molecule has 0 spiro atoms. The number of rotatable bonds is 6. The molecule has 0 bridgehead atoms. The highest BCUT2D eigenvalue weighted by Crippen LogP contribution is 2.53. The minimum absolute atomic E-state index is 0.256. The van der Waals surface area contributed by atoms with Gasteiger partial charge in [0.1, 0.15) is 0 Å². The SMILES string of the molecule is CC1(C)c2cc(-c3nc(-c4ccccc4)nc(-c4ccccc4)n3)ccc2-c2c(-c3ccc4c(-c5ccccc5)nc(-c5ccccc5)nc4c3)cccc21. The number of fused-ring (bicyclic) bond motifs is 4. The van der Waals surface area contributed by atoms with E-state index in [4.69, 9.17) is 24.9 Å². The molecule has 1 aliphatic rings. The lowest BCUT2D eigenvalue weighted by Gasteiger charge is -2.22. The van der Waals surface area contributed by atoms with Crippen LogP contribution in [0.2, 0.25) is 0 Å². The quantitative estimate of drug-likeness (QED) is 0.172. The van der Waals surface area contributed by atoms with E-state index in [1.54, 1.807) is 0 Å². The molecule has 0 N–H and O–H groups in total. The zero-order chi connectivity index (χ0) is 36.9. The fourth-order valence-electron chi connectivity index (χ4n) is 7.93. The minimum atomic E-state index is -0.256. The lowest BCUT2D eigenvalue weighted by atomic mass is 9.81. The van der Waals surface area contributed by atoms with Crippen LogP contribution in [0, 0.1) is 0 Å². The third-order valence-corrected chi connectivity index (χ3v) is 10.7. The van der Waals surface area contributed by atoms with Crippen molar-refractivity contribution in [3.05, 3.63) is 187 Å². The van der Waals surface area contributed by atoms with Crippen molar-refractivity contribution in [2.24, 2.45) is 0 Å². The Bertz CT molecular complexity index is 2810. The predicted molar refractivity (Wildman–Crippen MR) is 223 cm³/mol. The summed E-state index contributed by atoms with van der Waals surface area (Å²) in [7, 11) is 0. The van der Waals surface area contributed by atoms with Gasteiger partial charge >= 0.3 is 0 Å². The molecule has 5 heteroatoms. The lowest BCUT2D eigenvalue weighted by Crippen LogP contribution is -2.15.